The lowest BCUT2D eigenvalue weighted by atomic mass is 10.0. The minimum Gasteiger partial charge on any atom is -0.508 e. The number of rotatable bonds is 16. The van der Waals surface area contributed by atoms with Gasteiger partial charge < -0.3 is 54.4 Å². The molecule has 1 heterocycles. The number of nitrogens with zero attached hydrogens (tertiary/aromatic N) is 3. The highest BCUT2D eigenvalue weighted by Gasteiger charge is 2.38. The summed E-state index contributed by atoms with van der Waals surface area (Å²) in [6.07, 6.45) is 1.90. The number of phenols is 1. The summed E-state index contributed by atoms with van der Waals surface area (Å²) >= 11 is 0. The molecule has 2 rings (SSSR count). The summed E-state index contributed by atoms with van der Waals surface area (Å²) in [5, 5.41) is 24.2. The predicted molar refractivity (Wildman–Crippen MR) is 156 cm³/mol. The van der Waals surface area contributed by atoms with E-state index in [0.717, 1.165) is 5.56 Å². The zero-order valence-corrected chi connectivity index (χ0v) is 23.4. The number of benzene rings is 1. The molecular formula is C26H42N10O6. The lowest BCUT2D eigenvalue weighted by molar-refractivity contribution is -0.143. The third-order valence-corrected chi connectivity index (χ3v) is 6.69. The van der Waals surface area contributed by atoms with Crippen LogP contribution in [0.25, 0.3) is 0 Å². The average Bonchev–Trinajstić information content (AvgIpc) is 3.42. The van der Waals surface area contributed by atoms with Crippen LogP contribution in [0.1, 0.15) is 44.1 Å². The summed E-state index contributed by atoms with van der Waals surface area (Å²) < 4.78 is 0. The van der Waals surface area contributed by atoms with Crippen molar-refractivity contribution in [1.29, 1.82) is 0 Å². The molecule has 16 nitrogen and oxygen atoms in total. The maximum Gasteiger partial charge on any atom is 0.326 e. The van der Waals surface area contributed by atoms with Gasteiger partial charge in [-0.2, -0.15) is 0 Å². The molecule has 14 N–H and O–H groups in total. The van der Waals surface area contributed by atoms with Gasteiger partial charge in [-0.3, -0.25) is 24.4 Å². The average molecular weight is 591 g/mol. The number of carboxylic acids is 1. The molecule has 16 heteroatoms. The van der Waals surface area contributed by atoms with Gasteiger partial charge in [0.25, 0.3) is 0 Å². The molecule has 0 aromatic heterocycles. The first-order valence-corrected chi connectivity index (χ1v) is 13.7. The number of carboxylic acid groups (broad SMARTS) is 1. The fourth-order valence-electron chi connectivity index (χ4n) is 4.56. The summed E-state index contributed by atoms with van der Waals surface area (Å²) in [7, 11) is 0. The third-order valence-electron chi connectivity index (χ3n) is 6.69. The minimum atomic E-state index is -1.26. The Morgan fingerprint density at radius 3 is 2.05 bits per heavy atom. The second kappa shape index (κ2) is 16.6. The van der Waals surface area contributed by atoms with Crippen LogP contribution < -0.4 is 39.3 Å². The number of nitrogens with one attached hydrogen (secondary N) is 2. The minimum absolute atomic E-state index is 0.0519. The van der Waals surface area contributed by atoms with Crippen molar-refractivity contribution in [2.45, 2.75) is 69.1 Å². The zero-order chi connectivity index (χ0) is 31.2. The van der Waals surface area contributed by atoms with E-state index in [1.54, 1.807) is 12.1 Å². The van der Waals surface area contributed by atoms with Crippen LogP contribution in [0.5, 0.6) is 5.75 Å². The fourth-order valence-corrected chi connectivity index (χ4v) is 4.56. The quantitative estimate of drug-likeness (QED) is 0.0547. The number of hydrogen-bond donors (Lipinski definition) is 9. The SMILES string of the molecule is NC(N)=NCCCC(NC(=O)C(CCCN=C(N)N)NC(=O)C1CCCN1C(=O)C(N)Cc1ccc(O)cc1)C(=O)O. The van der Waals surface area contributed by atoms with E-state index in [2.05, 4.69) is 20.6 Å². The van der Waals surface area contributed by atoms with Crippen LogP contribution in [-0.4, -0.2) is 94.5 Å². The Balaban J connectivity index is 2.10. The van der Waals surface area contributed by atoms with E-state index in [1.807, 2.05) is 0 Å². The number of carbonyl (C=O) groups excluding carboxylic acids is 3. The van der Waals surface area contributed by atoms with Crippen molar-refractivity contribution in [3.63, 3.8) is 0 Å². The Morgan fingerprint density at radius 2 is 1.50 bits per heavy atom. The topological polar surface area (TPSA) is 291 Å². The maximum absolute atomic E-state index is 13.4. The molecule has 0 spiro atoms. The van der Waals surface area contributed by atoms with Gasteiger partial charge in [-0.1, -0.05) is 12.1 Å². The molecule has 1 aromatic rings. The second-order valence-electron chi connectivity index (χ2n) is 10.0. The molecule has 1 saturated heterocycles. The lowest BCUT2D eigenvalue weighted by Crippen LogP contribution is -2.56. The number of carbonyl (C=O) groups is 4. The van der Waals surface area contributed by atoms with Crippen LogP contribution in [0, 0.1) is 0 Å². The van der Waals surface area contributed by atoms with Crippen LogP contribution in [0.15, 0.2) is 34.3 Å². The summed E-state index contributed by atoms with van der Waals surface area (Å²) in [4.78, 5) is 60.6. The Bertz CT molecular complexity index is 1130. The molecule has 1 aliphatic heterocycles. The summed E-state index contributed by atoms with van der Waals surface area (Å²) in [6.45, 7) is 0.683. The molecular weight excluding hydrogens is 548 g/mol. The van der Waals surface area contributed by atoms with Gasteiger partial charge in [0, 0.05) is 19.6 Å². The van der Waals surface area contributed by atoms with E-state index in [9.17, 15) is 29.4 Å². The van der Waals surface area contributed by atoms with Crippen molar-refractivity contribution in [2.24, 2.45) is 38.7 Å². The second-order valence-corrected chi connectivity index (χ2v) is 10.0. The van der Waals surface area contributed by atoms with E-state index in [-0.39, 0.29) is 50.0 Å². The van der Waals surface area contributed by atoms with E-state index < -0.39 is 47.9 Å². The van der Waals surface area contributed by atoms with Gasteiger partial charge in [-0.15, -0.1) is 0 Å². The van der Waals surface area contributed by atoms with Crippen LogP contribution in [0.4, 0.5) is 0 Å². The van der Waals surface area contributed by atoms with Gasteiger partial charge >= 0.3 is 5.97 Å². The molecule has 1 aliphatic rings. The number of guanidine groups is 2. The van der Waals surface area contributed by atoms with Gasteiger partial charge in [0.15, 0.2) is 11.9 Å². The van der Waals surface area contributed by atoms with E-state index >= 15 is 0 Å². The van der Waals surface area contributed by atoms with Gasteiger partial charge in [0.2, 0.25) is 17.7 Å². The summed E-state index contributed by atoms with van der Waals surface area (Å²) in [5.41, 5.74) is 28.2. The van der Waals surface area contributed by atoms with Crippen molar-refractivity contribution in [3.8, 4) is 5.75 Å². The van der Waals surface area contributed by atoms with Crippen LogP contribution >= 0.6 is 0 Å². The molecule has 1 fully saturated rings. The molecule has 3 amide bonds. The number of aromatic hydroxyl groups is 1. The first-order valence-electron chi connectivity index (χ1n) is 13.7. The largest absolute Gasteiger partial charge is 0.508 e. The van der Waals surface area contributed by atoms with Crippen LogP contribution in [0.3, 0.4) is 0 Å². The number of nitrogens with two attached hydrogens (primary N) is 5. The monoisotopic (exact) mass is 590 g/mol. The molecule has 1 aromatic carbocycles. The molecule has 0 aliphatic carbocycles. The van der Waals surface area contributed by atoms with Crippen molar-refractivity contribution in [1.82, 2.24) is 15.5 Å². The number of aliphatic imine (C=N–C) groups is 2. The highest BCUT2D eigenvalue weighted by atomic mass is 16.4. The van der Waals surface area contributed by atoms with Crippen LogP contribution in [0.2, 0.25) is 0 Å². The number of amides is 3. The number of likely N-dealkylation sites (tertiary alicyclic amines) is 1. The lowest BCUT2D eigenvalue weighted by Gasteiger charge is -2.28. The van der Waals surface area contributed by atoms with Crippen molar-refractivity contribution in [3.05, 3.63) is 29.8 Å². The zero-order valence-electron chi connectivity index (χ0n) is 23.4. The Morgan fingerprint density at radius 1 is 0.929 bits per heavy atom. The molecule has 4 atom stereocenters. The molecule has 4 unspecified atom stereocenters. The Labute approximate surface area is 243 Å². The highest BCUT2D eigenvalue weighted by molar-refractivity contribution is 5.94. The molecule has 0 saturated carbocycles. The van der Waals surface area contributed by atoms with Gasteiger partial charge in [0.1, 0.15) is 23.9 Å². The first kappa shape index (κ1) is 33.6. The normalized spacial score (nSPS) is 16.5. The first-order chi connectivity index (χ1) is 19.9. The number of aliphatic carboxylic acids is 1. The standard InChI is InChI=1S/C26H42N10O6/c27-17(14-15-7-9-16(37)10-8-15)23(40)36-13-3-6-20(36)22(39)34-18(4-1-11-32-25(28)29)21(38)35-19(24(41)42)5-2-12-33-26(30)31/h7-10,17-20,37H,1-6,11-14,27H2,(H,34,39)(H,35,38)(H,41,42)(H4,28,29,32)(H4,30,31,33). The Kier molecular flexibility index (Phi) is 13.3. The van der Waals surface area contributed by atoms with Crippen molar-refractivity contribution >= 4 is 35.6 Å². The van der Waals surface area contributed by atoms with Gasteiger partial charge in [-0.25, -0.2) is 4.79 Å². The summed E-state index contributed by atoms with van der Waals surface area (Å²) in [5.74, 6) is -3.10. The molecule has 0 bridgehead atoms. The fraction of sp³-hybridized carbons (Fsp3) is 0.538. The third kappa shape index (κ3) is 11.1. The van der Waals surface area contributed by atoms with Gasteiger partial charge in [0.05, 0.1) is 6.04 Å². The predicted octanol–water partition coefficient (Wildman–Crippen LogP) is -2.59. The molecule has 0 radical (unpaired) electrons. The Hall–Kier alpha value is -4.60. The van der Waals surface area contributed by atoms with E-state index in [4.69, 9.17) is 28.7 Å². The highest BCUT2D eigenvalue weighted by Crippen LogP contribution is 2.20. The molecule has 42 heavy (non-hydrogen) atoms. The van der Waals surface area contributed by atoms with Crippen molar-refractivity contribution in [2.75, 3.05) is 19.6 Å². The molecule has 232 valence electrons. The summed E-state index contributed by atoms with van der Waals surface area (Å²) in [6, 6.07) is 2.18. The van der Waals surface area contributed by atoms with Crippen molar-refractivity contribution < 1.29 is 29.4 Å². The van der Waals surface area contributed by atoms with E-state index in [0.29, 0.717) is 32.2 Å². The smallest absolute Gasteiger partial charge is 0.326 e. The number of hydrogen-bond acceptors (Lipinski definition) is 8. The van der Waals surface area contributed by atoms with E-state index in [1.165, 1.54) is 17.0 Å². The number of phenolic OH excluding ortho intramolecular Hbond substituents is 1. The van der Waals surface area contributed by atoms with Gasteiger partial charge in [-0.05, 0) is 62.6 Å². The maximum atomic E-state index is 13.4. The van der Waals surface area contributed by atoms with Crippen LogP contribution in [-0.2, 0) is 25.6 Å².